The number of carbonyl (C=O) groups is 1. The maximum Gasteiger partial charge on any atom is 0.264 e. The molecular weight excluding hydrogens is 396 g/mol. The lowest BCUT2D eigenvalue weighted by molar-refractivity contribution is 0.0742. The van der Waals surface area contributed by atoms with E-state index < -0.39 is 0 Å². The Morgan fingerprint density at radius 2 is 2.04 bits per heavy atom. The Hall–Kier alpha value is -0.880. The number of likely N-dealkylation sites (tertiary alicyclic amines) is 1. The highest BCUT2D eigenvalue weighted by Gasteiger charge is 2.29. The number of carbonyl (C=O) groups excluding carboxylic acids is 1. The molecule has 1 unspecified atom stereocenters. The van der Waals surface area contributed by atoms with Gasteiger partial charge in [0.15, 0.2) is 0 Å². The van der Waals surface area contributed by atoms with Crippen LogP contribution in [0.4, 0.5) is 0 Å². The number of hydrogen-bond donors (Lipinski definition) is 1. The van der Waals surface area contributed by atoms with Crippen LogP contribution in [0.2, 0.25) is 0 Å². The first-order valence-electron chi connectivity index (χ1n) is 7.50. The van der Waals surface area contributed by atoms with Crippen LogP contribution in [0.25, 0.3) is 10.4 Å². The van der Waals surface area contributed by atoms with Crippen molar-refractivity contribution >= 4 is 45.6 Å². The van der Waals surface area contributed by atoms with E-state index in [9.17, 15) is 4.79 Å². The molecule has 1 atom stereocenters. The highest BCUT2D eigenvalue weighted by atomic mass is 79.9. The molecule has 0 radical (unpaired) electrons. The monoisotopic (exact) mass is 414 g/mol. The maximum atomic E-state index is 12.7. The van der Waals surface area contributed by atoms with Crippen molar-refractivity contribution in [1.29, 1.82) is 0 Å². The second-order valence-corrected chi connectivity index (χ2v) is 7.52. The van der Waals surface area contributed by atoms with Gasteiger partial charge in [0, 0.05) is 28.5 Å². The summed E-state index contributed by atoms with van der Waals surface area (Å²) in [4.78, 5) is 16.7. The molecule has 0 aliphatic carbocycles. The Morgan fingerprint density at radius 1 is 1.30 bits per heavy atom. The Kier molecular flexibility index (Phi) is 6.65. The largest absolute Gasteiger partial charge is 0.334 e. The predicted octanol–water partition coefficient (Wildman–Crippen LogP) is 4.42. The first-order chi connectivity index (χ1) is 10.7. The highest BCUT2D eigenvalue weighted by molar-refractivity contribution is 9.10. The van der Waals surface area contributed by atoms with Crippen molar-refractivity contribution in [1.82, 2.24) is 10.2 Å². The van der Waals surface area contributed by atoms with Gasteiger partial charge in [0.1, 0.15) is 0 Å². The molecule has 1 saturated heterocycles. The average Bonchev–Trinajstić information content (AvgIpc) is 3.17. The second kappa shape index (κ2) is 8.29. The molecule has 1 fully saturated rings. The van der Waals surface area contributed by atoms with Crippen molar-refractivity contribution < 1.29 is 4.79 Å². The lowest BCUT2D eigenvalue weighted by Crippen LogP contribution is -2.40. The van der Waals surface area contributed by atoms with E-state index in [1.807, 2.05) is 36.2 Å². The Balaban J connectivity index is 0.00000192. The fourth-order valence-electron chi connectivity index (χ4n) is 2.91. The van der Waals surface area contributed by atoms with Crippen molar-refractivity contribution in [2.45, 2.75) is 18.9 Å². The smallest absolute Gasteiger partial charge is 0.264 e. The number of rotatable bonds is 4. The number of nitrogens with zero attached hydrogens (tertiary/aromatic N) is 1. The van der Waals surface area contributed by atoms with E-state index in [0.29, 0.717) is 6.04 Å². The lowest BCUT2D eigenvalue weighted by Gasteiger charge is -2.23. The Labute approximate surface area is 155 Å². The zero-order valence-electron chi connectivity index (χ0n) is 12.9. The molecule has 1 aliphatic heterocycles. The molecule has 1 amide bonds. The summed E-state index contributed by atoms with van der Waals surface area (Å²) in [5.41, 5.74) is 1.15. The molecule has 1 aromatic heterocycles. The van der Waals surface area contributed by atoms with Crippen molar-refractivity contribution in [3.05, 3.63) is 45.7 Å². The van der Waals surface area contributed by atoms with Gasteiger partial charge in [0.25, 0.3) is 5.91 Å². The van der Waals surface area contributed by atoms with E-state index in [4.69, 9.17) is 0 Å². The van der Waals surface area contributed by atoms with Crippen molar-refractivity contribution in [2.75, 3.05) is 20.1 Å². The number of benzene rings is 1. The van der Waals surface area contributed by atoms with Gasteiger partial charge >= 0.3 is 0 Å². The molecule has 2 heterocycles. The van der Waals surface area contributed by atoms with Crippen LogP contribution in [0.5, 0.6) is 0 Å². The second-order valence-electron chi connectivity index (χ2n) is 5.52. The molecule has 1 aliphatic rings. The van der Waals surface area contributed by atoms with Crippen LogP contribution in [0, 0.1) is 0 Å². The summed E-state index contributed by atoms with van der Waals surface area (Å²) in [6, 6.07) is 12.5. The molecule has 0 bridgehead atoms. The zero-order valence-corrected chi connectivity index (χ0v) is 16.1. The van der Waals surface area contributed by atoms with Crippen molar-refractivity contribution in [3.8, 4) is 10.4 Å². The summed E-state index contributed by atoms with van der Waals surface area (Å²) in [7, 11) is 1.94. The number of nitrogens with one attached hydrogen (secondary N) is 1. The number of hydrogen-bond acceptors (Lipinski definition) is 3. The SMILES string of the molecule is CNCC1CCCN1C(=O)c1ccc(-c2ccc(Br)cc2)s1.Cl. The standard InChI is InChI=1S/C17H19BrN2OS.ClH/c1-19-11-14-3-2-10-20(14)17(21)16-9-8-15(22-16)12-4-6-13(18)7-5-12;/h4-9,14,19H,2-3,10-11H2,1H3;1H. The average molecular weight is 416 g/mol. The predicted molar refractivity (Wildman–Crippen MR) is 103 cm³/mol. The fraction of sp³-hybridized carbons (Fsp3) is 0.353. The summed E-state index contributed by atoms with van der Waals surface area (Å²) in [6.07, 6.45) is 2.19. The number of halogens is 2. The lowest BCUT2D eigenvalue weighted by atomic mass is 10.2. The minimum Gasteiger partial charge on any atom is -0.334 e. The third kappa shape index (κ3) is 4.15. The van der Waals surface area contributed by atoms with Crippen molar-refractivity contribution in [2.24, 2.45) is 0 Å². The van der Waals surface area contributed by atoms with Crippen LogP contribution >= 0.6 is 39.7 Å². The molecule has 1 N–H and O–H groups in total. The summed E-state index contributed by atoms with van der Waals surface area (Å²) in [5.74, 6) is 0.172. The number of thiophene rings is 1. The maximum absolute atomic E-state index is 12.7. The zero-order chi connectivity index (χ0) is 15.5. The summed E-state index contributed by atoms with van der Waals surface area (Å²) in [6.45, 7) is 1.74. The van der Waals surface area contributed by atoms with E-state index in [2.05, 4.69) is 33.4 Å². The fourth-order valence-corrected chi connectivity index (χ4v) is 4.15. The number of amides is 1. The molecule has 3 nitrogen and oxygen atoms in total. The van der Waals surface area contributed by atoms with Crippen LogP contribution in [-0.2, 0) is 0 Å². The van der Waals surface area contributed by atoms with E-state index in [1.165, 1.54) is 0 Å². The van der Waals surface area contributed by atoms with E-state index in [1.54, 1.807) is 11.3 Å². The normalized spacial score (nSPS) is 17.1. The van der Waals surface area contributed by atoms with Gasteiger partial charge in [-0.15, -0.1) is 23.7 Å². The van der Waals surface area contributed by atoms with Gasteiger partial charge in [-0.3, -0.25) is 4.79 Å². The van der Waals surface area contributed by atoms with Gasteiger partial charge in [0.05, 0.1) is 4.88 Å². The minimum absolute atomic E-state index is 0. The van der Waals surface area contributed by atoms with Crippen LogP contribution in [0.1, 0.15) is 22.5 Å². The van der Waals surface area contributed by atoms with Crippen LogP contribution in [0.3, 0.4) is 0 Å². The minimum atomic E-state index is 0. The summed E-state index contributed by atoms with van der Waals surface area (Å²) < 4.78 is 1.07. The van der Waals surface area contributed by atoms with Crippen LogP contribution in [-0.4, -0.2) is 37.0 Å². The first kappa shape index (κ1) is 18.5. The third-order valence-corrected chi connectivity index (χ3v) is 5.67. The van der Waals surface area contributed by atoms with Gasteiger partial charge in [-0.2, -0.15) is 0 Å². The Morgan fingerprint density at radius 3 is 2.74 bits per heavy atom. The third-order valence-electron chi connectivity index (χ3n) is 4.02. The molecule has 124 valence electrons. The molecule has 0 spiro atoms. The molecule has 1 aromatic carbocycles. The molecular formula is C17H20BrClN2OS. The topological polar surface area (TPSA) is 32.3 Å². The molecule has 2 aromatic rings. The van der Waals surface area contributed by atoms with Crippen molar-refractivity contribution in [3.63, 3.8) is 0 Å². The van der Waals surface area contributed by atoms with Gasteiger partial charge in [-0.05, 0) is 49.7 Å². The highest BCUT2D eigenvalue weighted by Crippen LogP contribution is 2.31. The summed E-state index contributed by atoms with van der Waals surface area (Å²) in [5, 5.41) is 3.19. The molecule has 6 heteroatoms. The summed E-state index contributed by atoms with van der Waals surface area (Å²) >= 11 is 5.03. The van der Waals surface area contributed by atoms with E-state index >= 15 is 0 Å². The van der Waals surface area contributed by atoms with E-state index in [0.717, 1.165) is 45.7 Å². The number of likely N-dealkylation sites (N-methyl/N-ethyl adjacent to an activating group) is 1. The molecule has 0 saturated carbocycles. The van der Waals surface area contributed by atoms with Gasteiger partial charge in [-0.1, -0.05) is 28.1 Å². The first-order valence-corrected chi connectivity index (χ1v) is 9.11. The van der Waals surface area contributed by atoms with Gasteiger partial charge < -0.3 is 10.2 Å². The van der Waals surface area contributed by atoms with E-state index in [-0.39, 0.29) is 18.3 Å². The molecule has 3 rings (SSSR count). The molecule has 23 heavy (non-hydrogen) atoms. The quantitative estimate of drug-likeness (QED) is 0.801. The van der Waals surface area contributed by atoms with Crippen LogP contribution in [0.15, 0.2) is 40.9 Å². The Bertz CT molecular complexity index is 659. The van der Waals surface area contributed by atoms with Crippen LogP contribution < -0.4 is 5.32 Å². The van der Waals surface area contributed by atoms with Gasteiger partial charge in [-0.25, -0.2) is 0 Å². The van der Waals surface area contributed by atoms with Gasteiger partial charge in [0.2, 0.25) is 0 Å².